The number of para-hydroxylation sites is 1. The fourth-order valence-electron chi connectivity index (χ4n) is 2.77. The number of nitrogens with one attached hydrogen (secondary N) is 1. The summed E-state index contributed by atoms with van der Waals surface area (Å²) in [5, 5.41) is 16.8. The lowest BCUT2D eigenvalue weighted by molar-refractivity contribution is 0.0698. The summed E-state index contributed by atoms with van der Waals surface area (Å²) in [7, 11) is 0. The molecular weight excluding hydrogens is 254 g/mol. The maximum Gasteiger partial charge on any atom is 0.337 e. The van der Waals surface area contributed by atoms with E-state index in [1.54, 1.807) is 24.4 Å². The molecule has 20 heavy (non-hydrogen) atoms. The lowest BCUT2D eigenvalue weighted by Crippen LogP contribution is -2.11. The Kier molecular flexibility index (Phi) is 3.41. The van der Waals surface area contributed by atoms with Crippen LogP contribution in [0.2, 0.25) is 0 Å². The third-order valence-corrected chi connectivity index (χ3v) is 3.76. The number of carboxylic acid groups (broad SMARTS) is 1. The highest BCUT2D eigenvalue weighted by molar-refractivity contribution is 5.94. The molecular formula is C15H17N3O2. The minimum atomic E-state index is -0.931. The molecule has 1 aliphatic rings. The third-order valence-electron chi connectivity index (χ3n) is 3.76. The monoisotopic (exact) mass is 271 g/mol. The molecule has 1 aromatic heterocycles. The van der Waals surface area contributed by atoms with E-state index in [1.807, 2.05) is 16.8 Å². The largest absolute Gasteiger partial charge is 0.478 e. The predicted molar refractivity (Wildman–Crippen MR) is 76.4 cm³/mol. The first-order valence-corrected chi connectivity index (χ1v) is 6.88. The number of rotatable bonds is 4. The first-order valence-electron chi connectivity index (χ1n) is 6.88. The van der Waals surface area contributed by atoms with E-state index in [9.17, 15) is 9.90 Å². The van der Waals surface area contributed by atoms with Crippen LogP contribution in [0.3, 0.4) is 0 Å². The van der Waals surface area contributed by atoms with Crippen molar-refractivity contribution in [2.24, 2.45) is 0 Å². The Bertz CT molecular complexity index is 615. The van der Waals surface area contributed by atoms with Crippen LogP contribution in [0.15, 0.2) is 36.5 Å². The molecule has 1 heterocycles. The molecule has 1 saturated carbocycles. The van der Waals surface area contributed by atoms with E-state index in [0.29, 0.717) is 11.7 Å². The number of benzene rings is 1. The van der Waals surface area contributed by atoms with Crippen molar-refractivity contribution in [2.45, 2.75) is 31.7 Å². The second-order valence-electron chi connectivity index (χ2n) is 5.08. The molecule has 5 heteroatoms. The molecule has 0 unspecified atom stereocenters. The lowest BCUT2D eigenvalue weighted by Gasteiger charge is -2.16. The summed E-state index contributed by atoms with van der Waals surface area (Å²) >= 11 is 0. The minimum Gasteiger partial charge on any atom is -0.478 e. The van der Waals surface area contributed by atoms with Crippen LogP contribution in [0.25, 0.3) is 0 Å². The van der Waals surface area contributed by atoms with Gasteiger partial charge < -0.3 is 10.4 Å². The number of aromatic nitrogens is 2. The van der Waals surface area contributed by atoms with Gasteiger partial charge in [-0.05, 0) is 25.0 Å². The topological polar surface area (TPSA) is 67.2 Å². The SMILES string of the molecule is O=C(O)c1ccccc1Nc1ccnn1C1CCCC1. The maximum absolute atomic E-state index is 11.2. The second-order valence-corrected chi connectivity index (χ2v) is 5.08. The number of aromatic carboxylic acids is 1. The van der Waals surface area contributed by atoms with Gasteiger partial charge in [-0.3, -0.25) is 0 Å². The molecule has 0 amide bonds. The maximum atomic E-state index is 11.2. The number of anilines is 2. The van der Waals surface area contributed by atoms with Crippen LogP contribution in [-0.2, 0) is 0 Å². The van der Waals surface area contributed by atoms with E-state index in [4.69, 9.17) is 0 Å². The van der Waals surface area contributed by atoms with Gasteiger partial charge in [-0.1, -0.05) is 25.0 Å². The highest BCUT2D eigenvalue weighted by Crippen LogP contribution is 2.32. The first kappa shape index (κ1) is 12.7. The molecule has 0 radical (unpaired) electrons. The van der Waals surface area contributed by atoms with Gasteiger partial charge in [0.1, 0.15) is 5.82 Å². The average Bonchev–Trinajstić information content (AvgIpc) is 3.09. The molecule has 1 fully saturated rings. The van der Waals surface area contributed by atoms with Crippen molar-refractivity contribution < 1.29 is 9.90 Å². The van der Waals surface area contributed by atoms with Gasteiger partial charge in [0.2, 0.25) is 0 Å². The summed E-state index contributed by atoms with van der Waals surface area (Å²) < 4.78 is 1.98. The predicted octanol–water partition coefficient (Wildman–Crippen LogP) is 3.44. The van der Waals surface area contributed by atoms with Gasteiger partial charge in [0.05, 0.1) is 23.5 Å². The molecule has 0 saturated heterocycles. The Morgan fingerprint density at radius 3 is 2.75 bits per heavy atom. The van der Waals surface area contributed by atoms with E-state index >= 15 is 0 Å². The Morgan fingerprint density at radius 2 is 2.00 bits per heavy atom. The second kappa shape index (κ2) is 5.36. The van der Waals surface area contributed by atoms with Crippen molar-refractivity contribution >= 4 is 17.5 Å². The van der Waals surface area contributed by atoms with Crippen LogP contribution >= 0.6 is 0 Å². The summed E-state index contributed by atoms with van der Waals surface area (Å²) in [4.78, 5) is 11.2. The lowest BCUT2D eigenvalue weighted by atomic mass is 10.2. The number of carboxylic acids is 1. The zero-order chi connectivity index (χ0) is 13.9. The van der Waals surface area contributed by atoms with Gasteiger partial charge in [-0.2, -0.15) is 5.10 Å². The van der Waals surface area contributed by atoms with E-state index in [2.05, 4.69) is 10.4 Å². The van der Waals surface area contributed by atoms with Crippen molar-refractivity contribution in [3.63, 3.8) is 0 Å². The molecule has 2 N–H and O–H groups in total. The van der Waals surface area contributed by atoms with E-state index < -0.39 is 5.97 Å². The van der Waals surface area contributed by atoms with Crippen LogP contribution < -0.4 is 5.32 Å². The van der Waals surface area contributed by atoms with Gasteiger partial charge in [0.15, 0.2) is 0 Å². The van der Waals surface area contributed by atoms with Crippen LogP contribution in [0.1, 0.15) is 42.1 Å². The van der Waals surface area contributed by atoms with Crippen molar-refractivity contribution in [1.82, 2.24) is 9.78 Å². The zero-order valence-electron chi connectivity index (χ0n) is 11.1. The number of carbonyl (C=O) groups is 1. The molecule has 0 bridgehead atoms. The summed E-state index contributed by atoms with van der Waals surface area (Å²) in [5.74, 6) is -0.0781. The first-order chi connectivity index (χ1) is 9.75. The van der Waals surface area contributed by atoms with Crippen molar-refractivity contribution in [1.29, 1.82) is 0 Å². The smallest absolute Gasteiger partial charge is 0.337 e. The normalized spacial score (nSPS) is 15.4. The van der Waals surface area contributed by atoms with Crippen LogP contribution in [0.4, 0.5) is 11.5 Å². The number of hydrogen-bond acceptors (Lipinski definition) is 3. The fourth-order valence-corrected chi connectivity index (χ4v) is 2.77. The van der Waals surface area contributed by atoms with Crippen LogP contribution in [0.5, 0.6) is 0 Å². The molecule has 5 nitrogen and oxygen atoms in total. The number of nitrogens with zero attached hydrogens (tertiary/aromatic N) is 2. The van der Waals surface area contributed by atoms with E-state index in [0.717, 1.165) is 18.7 Å². The summed E-state index contributed by atoms with van der Waals surface area (Å²) in [6, 6.07) is 9.23. The van der Waals surface area contributed by atoms with Gasteiger partial charge >= 0.3 is 5.97 Å². The Hall–Kier alpha value is -2.30. The summed E-state index contributed by atoms with van der Waals surface area (Å²) in [6.07, 6.45) is 6.49. The fraction of sp³-hybridized carbons (Fsp3) is 0.333. The van der Waals surface area contributed by atoms with Gasteiger partial charge in [-0.25, -0.2) is 9.48 Å². The van der Waals surface area contributed by atoms with Gasteiger partial charge in [0.25, 0.3) is 0 Å². The molecule has 0 spiro atoms. The molecule has 0 aliphatic heterocycles. The Labute approximate surface area is 117 Å². The Morgan fingerprint density at radius 1 is 1.25 bits per heavy atom. The highest BCUT2D eigenvalue weighted by Gasteiger charge is 2.20. The van der Waals surface area contributed by atoms with Crippen LogP contribution in [0, 0.1) is 0 Å². The standard InChI is InChI=1S/C15H17N3O2/c19-15(20)12-7-3-4-8-13(12)17-14-9-10-16-18(14)11-5-1-2-6-11/h3-4,7-11,17H,1-2,5-6H2,(H,19,20). The molecule has 1 aliphatic carbocycles. The van der Waals surface area contributed by atoms with E-state index in [1.165, 1.54) is 12.8 Å². The highest BCUT2D eigenvalue weighted by atomic mass is 16.4. The molecule has 1 aromatic carbocycles. The van der Waals surface area contributed by atoms with E-state index in [-0.39, 0.29) is 5.56 Å². The summed E-state index contributed by atoms with van der Waals surface area (Å²) in [6.45, 7) is 0. The van der Waals surface area contributed by atoms with Crippen molar-refractivity contribution in [3.05, 3.63) is 42.1 Å². The van der Waals surface area contributed by atoms with Gasteiger partial charge in [-0.15, -0.1) is 0 Å². The van der Waals surface area contributed by atoms with Crippen LogP contribution in [-0.4, -0.2) is 20.9 Å². The van der Waals surface area contributed by atoms with Gasteiger partial charge in [0, 0.05) is 6.07 Å². The minimum absolute atomic E-state index is 0.270. The quantitative estimate of drug-likeness (QED) is 0.893. The zero-order valence-corrected chi connectivity index (χ0v) is 11.1. The van der Waals surface area contributed by atoms with Crippen molar-refractivity contribution in [3.8, 4) is 0 Å². The van der Waals surface area contributed by atoms with Crippen molar-refractivity contribution in [2.75, 3.05) is 5.32 Å². The molecule has 3 rings (SSSR count). The molecule has 0 atom stereocenters. The molecule has 2 aromatic rings. The summed E-state index contributed by atoms with van der Waals surface area (Å²) in [5.41, 5.74) is 0.867. The average molecular weight is 271 g/mol. The molecule has 104 valence electrons. The third kappa shape index (κ3) is 2.39. The number of hydrogen-bond donors (Lipinski definition) is 2. The Balaban J connectivity index is 1.88.